The number of pyridine rings is 1. The predicted molar refractivity (Wildman–Crippen MR) is 62.7 cm³/mol. The monoisotopic (exact) mass is 275 g/mol. The average Bonchev–Trinajstić information content (AvgIpc) is 2.35. The van der Waals surface area contributed by atoms with Crippen molar-refractivity contribution in [2.75, 3.05) is 12.0 Å². The van der Waals surface area contributed by atoms with E-state index in [0.717, 1.165) is 0 Å². The molecule has 0 fully saturated rings. The quantitative estimate of drug-likeness (QED) is 0.638. The van der Waals surface area contributed by atoms with E-state index < -0.39 is 12.1 Å². The van der Waals surface area contributed by atoms with Crippen molar-refractivity contribution in [1.82, 2.24) is 10.4 Å². The van der Waals surface area contributed by atoms with Gasteiger partial charge in [-0.25, -0.2) is 4.98 Å². The highest BCUT2D eigenvalue weighted by molar-refractivity contribution is 5.83. The lowest BCUT2D eigenvalue weighted by Gasteiger charge is -2.14. The molecule has 104 valence electrons. The van der Waals surface area contributed by atoms with Gasteiger partial charge in [0.1, 0.15) is 5.76 Å². The van der Waals surface area contributed by atoms with Crippen molar-refractivity contribution in [2.45, 2.75) is 13.1 Å². The zero-order chi connectivity index (χ0) is 14.5. The van der Waals surface area contributed by atoms with Gasteiger partial charge in [-0.15, -0.1) is 0 Å². The average molecular weight is 275 g/mol. The molecule has 1 aromatic rings. The topological polar surface area (TPSA) is 63.2 Å². The normalized spacial score (nSPS) is 10.7. The van der Waals surface area contributed by atoms with Gasteiger partial charge in [-0.3, -0.25) is 15.6 Å². The molecule has 0 saturated carbocycles. The van der Waals surface area contributed by atoms with Crippen LogP contribution in [0.4, 0.5) is 19.0 Å². The molecule has 0 saturated heterocycles. The lowest BCUT2D eigenvalue weighted by molar-refractivity contribution is -0.173. The number of amides is 1. The van der Waals surface area contributed by atoms with Crippen LogP contribution in [0.2, 0.25) is 0 Å². The van der Waals surface area contributed by atoms with Gasteiger partial charge in [0.25, 0.3) is 0 Å². The summed E-state index contributed by atoms with van der Waals surface area (Å²) in [5.74, 6) is -1.87. The zero-order valence-electron chi connectivity index (χ0n) is 10.0. The van der Waals surface area contributed by atoms with E-state index in [2.05, 4.69) is 17.0 Å². The van der Waals surface area contributed by atoms with Crippen molar-refractivity contribution in [3.8, 4) is 0 Å². The van der Waals surface area contributed by atoms with Crippen LogP contribution in [0.5, 0.6) is 0 Å². The SMILES string of the molecule is C=C(OCC)c1cccnc1NNC(=O)C(F)(F)F. The van der Waals surface area contributed by atoms with Crippen molar-refractivity contribution < 1.29 is 22.7 Å². The van der Waals surface area contributed by atoms with E-state index in [1.54, 1.807) is 19.1 Å². The van der Waals surface area contributed by atoms with Gasteiger partial charge in [0.15, 0.2) is 5.82 Å². The minimum absolute atomic E-state index is 0.0125. The molecule has 0 aliphatic rings. The Bertz CT molecular complexity index is 474. The first-order valence-corrected chi connectivity index (χ1v) is 5.26. The van der Waals surface area contributed by atoms with E-state index in [1.807, 2.05) is 0 Å². The molecular formula is C11H12F3N3O2. The number of hydrogen-bond donors (Lipinski definition) is 2. The first kappa shape index (κ1) is 14.8. The highest BCUT2D eigenvalue weighted by Crippen LogP contribution is 2.21. The van der Waals surface area contributed by atoms with Crippen molar-refractivity contribution in [3.05, 3.63) is 30.5 Å². The molecule has 0 aromatic carbocycles. The second-order valence-corrected chi connectivity index (χ2v) is 3.33. The van der Waals surface area contributed by atoms with Crippen molar-refractivity contribution in [3.63, 3.8) is 0 Å². The van der Waals surface area contributed by atoms with Crippen LogP contribution in [0, 0.1) is 0 Å². The van der Waals surface area contributed by atoms with Gasteiger partial charge in [-0.05, 0) is 19.1 Å². The van der Waals surface area contributed by atoms with Crippen LogP contribution in [0.25, 0.3) is 5.76 Å². The van der Waals surface area contributed by atoms with Gasteiger partial charge in [0.2, 0.25) is 0 Å². The molecule has 0 unspecified atom stereocenters. The maximum atomic E-state index is 12.0. The van der Waals surface area contributed by atoms with E-state index in [-0.39, 0.29) is 11.6 Å². The third kappa shape index (κ3) is 4.16. The molecule has 1 amide bonds. The van der Waals surface area contributed by atoms with Gasteiger partial charge in [-0.2, -0.15) is 13.2 Å². The largest absolute Gasteiger partial charge is 0.494 e. The standard InChI is InChI=1S/C11H12F3N3O2/c1-3-19-7(2)8-5-4-6-15-9(8)16-17-10(18)11(12,13)14/h4-6H,2-3H2,1H3,(H,15,16)(H,17,18). The summed E-state index contributed by atoms with van der Waals surface area (Å²) in [5.41, 5.74) is 3.94. The summed E-state index contributed by atoms with van der Waals surface area (Å²) in [7, 11) is 0. The van der Waals surface area contributed by atoms with Crippen LogP contribution in [0.3, 0.4) is 0 Å². The molecule has 1 rings (SSSR count). The lowest BCUT2D eigenvalue weighted by Crippen LogP contribution is -2.40. The number of nitrogens with zero attached hydrogens (tertiary/aromatic N) is 1. The Labute approximate surface area is 107 Å². The summed E-state index contributed by atoms with van der Waals surface area (Å²) in [5, 5.41) is 0. The molecular weight excluding hydrogens is 263 g/mol. The second kappa shape index (κ2) is 6.07. The summed E-state index contributed by atoms with van der Waals surface area (Å²) in [4.78, 5) is 14.5. The molecule has 0 aliphatic heterocycles. The van der Waals surface area contributed by atoms with Crippen LogP contribution in [-0.4, -0.2) is 23.7 Å². The van der Waals surface area contributed by atoms with Crippen LogP contribution < -0.4 is 10.9 Å². The number of anilines is 1. The van der Waals surface area contributed by atoms with Gasteiger partial charge in [0, 0.05) is 6.20 Å². The smallest absolute Gasteiger partial charge is 0.472 e. The van der Waals surface area contributed by atoms with E-state index in [4.69, 9.17) is 4.74 Å². The zero-order valence-corrected chi connectivity index (χ0v) is 10.0. The minimum Gasteiger partial charge on any atom is -0.494 e. The first-order valence-electron chi connectivity index (χ1n) is 5.26. The van der Waals surface area contributed by atoms with Crippen LogP contribution >= 0.6 is 0 Å². The first-order chi connectivity index (χ1) is 8.86. The fourth-order valence-corrected chi connectivity index (χ4v) is 1.17. The number of nitrogens with one attached hydrogen (secondary N) is 2. The highest BCUT2D eigenvalue weighted by Gasteiger charge is 2.38. The summed E-state index contributed by atoms with van der Waals surface area (Å²) >= 11 is 0. The minimum atomic E-state index is -4.97. The van der Waals surface area contributed by atoms with Crippen LogP contribution in [0.15, 0.2) is 24.9 Å². The number of carbonyl (C=O) groups is 1. The van der Waals surface area contributed by atoms with E-state index in [0.29, 0.717) is 12.2 Å². The molecule has 19 heavy (non-hydrogen) atoms. The molecule has 0 spiro atoms. The Morgan fingerprint density at radius 3 is 2.79 bits per heavy atom. The van der Waals surface area contributed by atoms with E-state index in [9.17, 15) is 18.0 Å². The maximum absolute atomic E-state index is 12.0. The Hall–Kier alpha value is -2.25. The number of hydrazine groups is 1. The van der Waals surface area contributed by atoms with Gasteiger partial charge in [0.05, 0.1) is 12.2 Å². The van der Waals surface area contributed by atoms with Crippen LogP contribution in [0.1, 0.15) is 12.5 Å². The van der Waals surface area contributed by atoms with Crippen molar-refractivity contribution in [1.29, 1.82) is 0 Å². The Morgan fingerprint density at radius 1 is 1.53 bits per heavy atom. The van der Waals surface area contributed by atoms with Gasteiger partial charge >= 0.3 is 12.1 Å². The molecule has 0 radical (unpaired) electrons. The fraction of sp³-hybridized carbons (Fsp3) is 0.273. The number of rotatable bonds is 5. The maximum Gasteiger partial charge on any atom is 0.472 e. The number of alkyl halides is 3. The van der Waals surface area contributed by atoms with Crippen molar-refractivity contribution >= 4 is 17.5 Å². The Morgan fingerprint density at radius 2 is 2.21 bits per heavy atom. The van der Waals surface area contributed by atoms with Gasteiger partial charge < -0.3 is 4.74 Å². The number of aromatic nitrogens is 1. The van der Waals surface area contributed by atoms with Gasteiger partial charge in [-0.1, -0.05) is 6.58 Å². The van der Waals surface area contributed by atoms with E-state index >= 15 is 0 Å². The molecule has 2 N–H and O–H groups in total. The summed E-state index contributed by atoms with van der Waals surface area (Å²) in [6.45, 7) is 5.70. The summed E-state index contributed by atoms with van der Waals surface area (Å²) in [6.07, 6.45) is -3.62. The highest BCUT2D eigenvalue weighted by atomic mass is 19.4. The molecule has 1 heterocycles. The van der Waals surface area contributed by atoms with Crippen molar-refractivity contribution in [2.24, 2.45) is 0 Å². The number of ether oxygens (including phenoxy) is 1. The van der Waals surface area contributed by atoms with E-state index in [1.165, 1.54) is 11.6 Å². The van der Waals surface area contributed by atoms with Crippen LogP contribution in [-0.2, 0) is 9.53 Å². The number of hydrogen-bond acceptors (Lipinski definition) is 4. The number of carbonyl (C=O) groups excluding carboxylic acids is 1. The Balaban J connectivity index is 2.79. The second-order valence-electron chi connectivity index (χ2n) is 3.33. The number of halogens is 3. The third-order valence-electron chi connectivity index (χ3n) is 1.98. The Kier molecular flexibility index (Phi) is 4.74. The predicted octanol–water partition coefficient (Wildman–Crippen LogP) is 2.09. The summed E-state index contributed by atoms with van der Waals surface area (Å²) in [6, 6.07) is 3.11. The summed E-state index contributed by atoms with van der Waals surface area (Å²) < 4.78 is 41.2. The lowest BCUT2D eigenvalue weighted by atomic mass is 10.2. The molecule has 1 aromatic heterocycles. The molecule has 0 atom stereocenters. The fourth-order valence-electron chi connectivity index (χ4n) is 1.17. The molecule has 8 heteroatoms. The third-order valence-corrected chi connectivity index (χ3v) is 1.98. The molecule has 5 nitrogen and oxygen atoms in total. The molecule has 0 bridgehead atoms. The molecule has 0 aliphatic carbocycles.